The molecule has 1 aromatic carbocycles. The summed E-state index contributed by atoms with van der Waals surface area (Å²) in [4.78, 5) is 34.7. The molecule has 0 unspecified atom stereocenters. The molecule has 0 saturated carbocycles. The van der Waals surface area contributed by atoms with Gasteiger partial charge in [0.05, 0.1) is 5.02 Å². The monoisotopic (exact) mass is 405 g/mol. The molecule has 0 aliphatic carbocycles. The first-order valence-corrected chi connectivity index (χ1v) is 8.58. The standard InChI is InChI=1S/C16H17Cl2NO5S/c1-3-8(2)15(21)9-4-5-11(14(18)13(9)17)24-6-12(20)19-10(7-25)16(22)23/h4-5,10,25H,2-3,6-7H2,1H3,(H,19,20)(H,22,23)/t10-/m1/s1. The van der Waals surface area contributed by atoms with Gasteiger partial charge in [0.25, 0.3) is 5.91 Å². The number of rotatable bonds is 9. The number of hydrogen-bond acceptors (Lipinski definition) is 5. The van der Waals surface area contributed by atoms with Crippen molar-refractivity contribution in [3.05, 3.63) is 39.9 Å². The lowest BCUT2D eigenvalue weighted by molar-refractivity contribution is -0.141. The summed E-state index contributed by atoms with van der Waals surface area (Å²) >= 11 is 16.0. The fourth-order valence-electron chi connectivity index (χ4n) is 1.73. The van der Waals surface area contributed by atoms with Gasteiger partial charge < -0.3 is 15.2 Å². The minimum Gasteiger partial charge on any atom is -0.482 e. The first-order chi connectivity index (χ1) is 11.7. The molecule has 0 bridgehead atoms. The van der Waals surface area contributed by atoms with Crippen molar-refractivity contribution < 1.29 is 24.2 Å². The van der Waals surface area contributed by atoms with Crippen LogP contribution in [-0.4, -0.2) is 41.2 Å². The van der Waals surface area contributed by atoms with Crippen molar-refractivity contribution in [1.29, 1.82) is 0 Å². The molecule has 0 aromatic heterocycles. The lowest BCUT2D eigenvalue weighted by Gasteiger charge is -2.14. The fraction of sp³-hybridized carbons (Fsp3) is 0.312. The van der Waals surface area contributed by atoms with Crippen LogP contribution in [-0.2, 0) is 9.59 Å². The Labute approximate surface area is 160 Å². The molecule has 1 amide bonds. The summed E-state index contributed by atoms with van der Waals surface area (Å²) in [5, 5.41) is 11.1. The van der Waals surface area contributed by atoms with Crippen LogP contribution in [0.1, 0.15) is 23.7 Å². The molecule has 136 valence electrons. The van der Waals surface area contributed by atoms with Gasteiger partial charge in [0, 0.05) is 11.3 Å². The number of carbonyl (C=O) groups is 3. The van der Waals surface area contributed by atoms with E-state index in [9.17, 15) is 14.4 Å². The number of nitrogens with one attached hydrogen (secondary N) is 1. The fourth-order valence-corrected chi connectivity index (χ4v) is 2.44. The molecule has 0 aliphatic heterocycles. The van der Waals surface area contributed by atoms with Crippen LogP contribution in [0.25, 0.3) is 0 Å². The Morgan fingerprint density at radius 3 is 2.48 bits per heavy atom. The maximum atomic E-state index is 12.1. The smallest absolute Gasteiger partial charge is 0.327 e. The molecule has 2 N–H and O–H groups in total. The number of ketones is 1. The van der Waals surface area contributed by atoms with Crippen molar-refractivity contribution in [2.75, 3.05) is 12.4 Å². The molecule has 0 radical (unpaired) electrons. The summed E-state index contributed by atoms with van der Waals surface area (Å²) < 4.78 is 5.25. The van der Waals surface area contributed by atoms with E-state index < -0.39 is 24.5 Å². The van der Waals surface area contributed by atoms with Crippen molar-refractivity contribution in [1.82, 2.24) is 5.32 Å². The maximum absolute atomic E-state index is 12.1. The predicted molar refractivity (Wildman–Crippen MR) is 99.1 cm³/mol. The number of carbonyl (C=O) groups excluding carboxylic acids is 2. The summed E-state index contributed by atoms with van der Waals surface area (Å²) in [5.74, 6) is -2.15. The van der Waals surface area contributed by atoms with Crippen molar-refractivity contribution in [2.45, 2.75) is 19.4 Å². The number of allylic oxidation sites excluding steroid dienone is 1. The molecule has 25 heavy (non-hydrogen) atoms. The van der Waals surface area contributed by atoms with E-state index in [1.165, 1.54) is 12.1 Å². The number of ether oxygens (including phenoxy) is 1. The van der Waals surface area contributed by atoms with E-state index in [2.05, 4.69) is 24.5 Å². The van der Waals surface area contributed by atoms with Gasteiger partial charge in [-0.3, -0.25) is 9.59 Å². The molecular formula is C16H17Cl2NO5S. The Kier molecular flexibility index (Phi) is 8.28. The van der Waals surface area contributed by atoms with Gasteiger partial charge in [0.2, 0.25) is 0 Å². The average molecular weight is 406 g/mol. The molecule has 1 aromatic rings. The third-order valence-electron chi connectivity index (χ3n) is 3.21. The minimum atomic E-state index is -1.21. The molecule has 1 rings (SSSR count). The van der Waals surface area contributed by atoms with Crippen LogP contribution in [0.15, 0.2) is 24.3 Å². The lowest BCUT2D eigenvalue weighted by Crippen LogP contribution is -2.44. The molecule has 0 aliphatic rings. The van der Waals surface area contributed by atoms with Gasteiger partial charge in [-0.15, -0.1) is 0 Å². The van der Waals surface area contributed by atoms with Gasteiger partial charge in [0.15, 0.2) is 12.4 Å². The summed E-state index contributed by atoms with van der Waals surface area (Å²) in [6.45, 7) is 4.99. The zero-order chi connectivity index (χ0) is 19.1. The van der Waals surface area contributed by atoms with Gasteiger partial charge in [-0.1, -0.05) is 36.7 Å². The summed E-state index contributed by atoms with van der Waals surface area (Å²) in [7, 11) is 0. The van der Waals surface area contributed by atoms with E-state index in [-0.39, 0.29) is 32.9 Å². The first kappa shape index (κ1) is 21.3. The van der Waals surface area contributed by atoms with Crippen molar-refractivity contribution in [3.8, 4) is 5.75 Å². The number of amides is 1. The number of carboxylic acid groups (broad SMARTS) is 1. The number of benzene rings is 1. The van der Waals surface area contributed by atoms with Gasteiger partial charge in [-0.05, 0) is 24.1 Å². The van der Waals surface area contributed by atoms with E-state index in [1.807, 2.05) is 0 Å². The summed E-state index contributed by atoms with van der Waals surface area (Å²) in [5.41, 5.74) is 0.578. The SMILES string of the molecule is C=C(CC)C(=O)c1ccc(OCC(=O)N[C@H](CS)C(=O)O)c(Cl)c1Cl. The van der Waals surface area contributed by atoms with Crippen molar-refractivity contribution >= 4 is 53.5 Å². The Morgan fingerprint density at radius 1 is 1.32 bits per heavy atom. The van der Waals surface area contributed by atoms with E-state index >= 15 is 0 Å². The Bertz CT molecular complexity index is 708. The zero-order valence-corrected chi connectivity index (χ0v) is 15.8. The van der Waals surface area contributed by atoms with E-state index in [1.54, 1.807) is 6.92 Å². The van der Waals surface area contributed by atoms with E-state index in [0.717, 1.165) is 0 Å². The number of halogens is 2. The Balaban J connectivity index is 2.83. The van der Waals surface area contributed by atoms with E-state index in [4.69, 9.17) is 33.0 Å². The molecular weight excluding hydrogens is 389 g/mol. The average Bonchev–Trinajstić information content (AvgIpc) is 2.59. The summed E-state index contributed by atoms with van der Waals surface area (Å²) in [6.07, 6.45) is 0.473. The highest BCUT2D eigenvalue weighted by molar-refractivity contribution is 7.80. The Morgan fingerprint density at radius 2 is 1.96 bits per heavy atom. The summed E-state index contributed by atoms with van der Waals surface area (Å²) in [6, 6.07) is 1.71. The number of thiol groups is 1. The molecule has 0 saturated heterocycles. The molecule has 0 heterocycles. The second kappa shape index (κ2) is 9.70. The largest absolute Gasteiger partial charge is 0.482 e. The number of hydrogen-bond donors (Lipinski definition) is 3. The topological polar surface area (TPSA) is 92.7 Å². The van der Waals surface area contributed by atoms with Gasteiger partial charge >= 0.3 is 5.97 Å². The van der Waals surface area contributed by atoms with Gasteiger partial charge in [0.1, 0.15) is 16.8 Å². The molecule has 1 atom stereocenters. The maximum Gasteiger partial charge on any atom is 0.327 e. The van der Waals surface area contributed by atoms with Crippen molar-refractivity contribution in [2.24, 2.45) is 0 Å². The lowest BCUT2D eigenvalue weighted by atomic mass is 10.0. The molecule has 6 nitrogen and oxygen atoms in total. The van der Waals surface area contributed by atoms with Crippen LogP contribution < -0.4 is 10.1 Å². The van der Waals surface area contributed by atoms with Crippen LogP contribution in [0.3, 0.4) is 0 Å². The van der Waals surface area contributed by atoms with Crippen LogP contribution in [0.5, 0.6) is 5.75 Å². The normalized spacial score (nSPS) is 11.5. The number of Topliss-reactive ketones (excluding diaryl/α,β-unsaturated/α-hetero) is 1. The second-order valence-corrected chi connectivity index (χ2v) is 6.08. The minimum absolute atomic E-state index is 0.00190. The van der Waals surface area contributed by atoms with Crippen LogP contribution >= 0.6 is 35.8 Å². The van der Waals surface area contributed by atoms with Crippen LogP contribution in [0.4, 0.5) is 0 Å². The molecule has 0 fully saturated rings. The first-order valence-electron chi connectivity index (χ1n) is 7.19. The van der Waals surface area contributed by atoms with E-state index in [0.29, 0.717) is 12.0 Å². The Hall–Kier alpha value is -1.70. The number of carboxylic acids is 1. The molecule has 9 heteroatoms. The quantitative estimate of drug-likeness (QED) is 0.333. The number of aliphatic carboxylic acids is 1. The van der Waals surface area contributed by atoms with Gasteiger partial charge in [-0.2, -0.15) is 12.6 Å². The van der Waals surface area contributed by atoms with Gasteiger partial charge in [-0.25, -0.2) is 4.79 Å². The highest BCUT2D eigenvalue weighted by Gasteiger charge is 2.20. The predicted octanol–water partition coefficient (Wildman–Crippen LogP) is 3.02. The third-order valence-corrected chi connectivity index (χ3v) is 4.44. The highest BCUT2D eigenvalue weighted by atomic mass is 35.5. The van der Waals surface area contributed by atoms with Crippen LogP contribution in [0.2, 0.25) is 10.0 Å². The van der Waals surface area contributed by atoms with Crippen molar-refractivity contribution in [3.63, 3.8) is 0 Å². The highest BCUT2D eigenvalue weighted by Crippen LogP contribution is 2.35. The zero-order valence-electron chi connectivity index (χ0n) is 13.3. The second-order valence-electron chi connectivity index (χ2n) is 4.96. The van der Waals surface area contributed by atoms with Crippen LogP contribution in [0, 0.1) is 0 Å². The third kappa shape index (κ3) is 5.66. The molecule has 0 spiro atoms.